The minimum atomic E-state index is -0.577. The minimum absolute atomic E-state index is 0.0480. The summed E-state index contributed by atoms with van der Waals surface area (Å²) in [5.74, 6) is 1.74. The first-order valence-electron chi connectivity index (χ1n) is 7.19. The molecule has 1 saturated heterocycles. The highest BCUT2D eigenvalue weighted by atomic mass is 16.8. The first kappa shape index (κ1) is 13.3. The lowest BCUT2D eigenvalue weighted by atomic mass is 9.78. The fourth-order valence-electron chi connectivity index (χ4n) is 3.52. The van der Waals surface area contributed by atoms with Crippen LogP contribution < -0.4 is 10.1 Å². The highest BCUT2D eigenvalue weighted by molar-refractivity contribution is 4.75. The molecule has 0 aromatic carbocycles. The Labute approximate surface area is 104 Å². The normalized spacial score (nSPS) is 41.1. The predicted molar refractivity (Wildman–Crippen MR) is 65.8 cm³/mol. The Morgan fingerprint density at radius 3 is 2.12 bits per heavy atom. The first-order chi connectivity index (χ1) is 8.15. The van der Waals surface area contributed by atoms with Crippen LogP contribution in [0.2, 0.25) is 0 Å². The van der Waals surface area contributed by atoms with Crippen LogP contribution in [-0.4, -0.2) is 31.4 Å². The second kappa shape index (κ2) is 6.14. The van der Waals surface area contributed by atoms with E-state index in [1.807, 2.05) is 0 Å². The molecule has 0 amide bonds. The van der Waals surface area contributed by atoms with Crippen molar-refractivity contribution in [2.75, 3.05) is 20.1 Å². The Bertz CT molecular complexity index is 219. The Hall–Kier alpha value is -0.160. The number of rotatable bonds is 3. The van der Waals surface area contributed by atoms with Crippen LogP contribution in [0, 0.1) is 17.0 Å². The van der Waals surface area contributed by atoms with Gasteiger partial charge in [0, 0.05) is 12.8 Å². The molecule has 4 nitrogen and oxygen atoms in total. The van der Waals surface area contributed by atoms with Gasteiger partial charge in [-0.25, -0.2) is 10.4 Å². The van der Waals surface area contributed by atoms with E-state index in [0.29, 0.717) is 0 Å². The molecule has 0 aromatic rings. The molecule has 17 heavy (non-hydrogen) atoms. The third kappa shape index (κ3) is 3.91. The molecule has 1 heterocycles. The smallest absolute Gasteiger partial charge is 0.117 e. The van der Waals surface area contributed by atoms with Crippen LogP contribution in [0.15, 0.2) is 0 Å². The van der Waals surface area contributed by atoms with E-state index in [9.17, 15) is 5.21 Å². The van der Waals surface area contributed by atoms with Gasteiger partial charge in [-0.3, -0.25) is 0 Å². The molecule has 0 bridgehead atoms. The van der Waals surface area contributed by atoms with Crippen molar-refractivity contribution in [2.24, 2.45) is 11.8 Å². The number of nitrogens with one attached hydrogen (secondary N) is 2. The highest BCUT2D eigenvalue weighted by Gasteiger charge is 2.28. The molecule has 1 aliphatic heterocycles. The molecule has 1 atom stereocenters. The second-order valence-corrected chi connectivity index (χ2v) is 6.19. The number of hydroxylamine groups is 2. The predicted octanol–water partition coefficient (Wildman–Crippen LogP) is -0.368. The van der Waals surface area contributed by atoms with Crippen molar-refractivity contribution in [2.45, 2.75) is 51.0 Å². The number of quaternary nitrogens is 2. The monoisotopic (exact) mass is 243 g/mol. The van der Waals surface area contributed by atoms with Crippen LogP contribution in [0.5, 0.6) is 0 Å². The summed E-state index contributed by atoms with van der Waals surface area (Å²) >= 11 is 0. The highest BCUT2D eigenvalue weighted by Crippen LogP contribution is 2.30. The molecule has 4 heteroatoms. The SMILES string of the molecule is C[NH+]1CCC(CC2CCC([NH+]([O-])O)CC2)CC1. The zero-order valence-corrected chi connectivity index (χ0v) is 11.0. The van der Waals surface area contributed by atoms with Crippen LogP contribution in [0.1, 0.15) is 44.9 Å². The van der Waals surface area contributed by atoms with Gasteiger partial charge in [0.05, 0.1) is 20.1 Å². The molecule has 1 unspecified atom stereocenters. The van der Waals surface area contributed by atoms with Crippen LogP contribution in [0.25, 0.3) is 0 Å². The molecule has 0 spiro atoms. The summed E-state index contributed by atoms with van der Waals surface area (Å²) < 4.78 is 0. The van der Waals surface area contributed by atoms with Crippen molar-refractivity contribution in [1.82, 2.24) is 0 Å². The number of likely N-dealkylation sites (tertiary alicyclic amines) is 1. The maximum atomic E-state index is 10.9. The van der Waals surface area contributed by atoms with Gasteiger partial charge in [-0.2, -0.15) is 0 Å². The molecule has 2 rings (SSSR count). The minimum Gasteiger partial charge on any atom is -0.600 e. The summed E-state index contributed by atoms with van der Waals surface area (Å²) in [5, 5.41) is 19.3. The lowest BCUT2D eigenvalue weighted by molar-refractivity contribution is -1.07. The Kier molecular flexibility index (Phi) is 4.79. The molecule has 2 aliphatic rings. The van der Waals surface area contributed by atoms with Crippen molar-refractivity contribution in [3.05, 3.63) is 5.21 Å². The summed E-state index contributed by atoms with van der Waals surface area (Å²) in [6.07, 6.45) is 8.25. The summed E-state index contributed by atoms with van der Waals surface area (Å²) in [5.41, 5.74) is 0. The molecule has 100 valence electrons. The molecule has 2 fully saturated rings. The average Bonchev–Trinajstić information content (AvgIpc) is 2.33. The van der Waals surface area contributed by atoms with Crippen LogP contribution in [-0.2, 0) is 0 Å². The Balaban J connectivity index is 1.67. The molecular weight excluding hydrogens is 216 g/mol. The lowest BCUT2D eigenvalue weighted by Crippen LogP contribution is -3.10. The zero-order valence-electron chi connectivity index (χ0n) is 11.0. The van der Waals surface area contributed by atoms with Crippen molar-refractivity contribution >= 4 is 0 Å². The van der Waals surface area contributed by atoms with Crippen LogP contribution in [0.4, 0.5) is 0 Å². The van der Waals surface area contributed by atoms with Gasteiger partial charge in [0.1, 0.15) is 6.04 Å². The van der Waals surface area contributed by atoms with E-state index in [1.54, 1.807) is 4.90 Å². The average molecular weight is 243 g/mol. The van der Waals surface area contributed by atoms with E-state index in [2.05, 4.69) is 7.05 Å². The van der Waals surface area contributed by atoms with E-state index in [1.165, 1.54) is 32.4 Å². The zero-order chi connectivity index (χ0) is 12.3. The molecule has 0 aromatic heterocycles. The van der Waals surface area contributed by atoms with E-state index in [0.717, 1.165) is 37.5 Å². The van der Waals surface area contributed by atoms with Crippen molar-refractivity contribution in [3.8, 4) is 0 Å². The van der Waals surface area contributed by atoms with Crippen molar-refractivity contribution in [1.29, 1.82) is 0 Å². The van der Waals surface area contributed by atoms with E-state index in [4.69, 9.17) is 5.21 Å². The fourth-order valence-corrected chi connectivity index (χ4v) is 3.52. The Morgan fingerprint density at radius 2 is 1.59 bits per heavy atom. The maximum absolute atomic E-state index is 10.9. The molecule has 0 radical (unpaired) electrons. The van der Waals surface area contributed by atoms with Gasteiger partial charge < -0.3 is 10.1 Å². The van der Waals surface area contributed by atoms with Crippen molar-refractivity contribution < 1.29 is 15.3 Å². The lowest BCUT2D eigenvalue weighted by Gasteiger charge is -2.34. The largest absolute Gasteiger partial charge is 0.600 e. The number of piperidine rings is 1. The standard InChI is InChI=1S/C13H26N2O2/c1-14-8-6-12(7-9-14)10-11-2-4-13(5-3-11)15(16)17/h11-13,15-16H,2-10H2,1H3/p+1. The summed E-state index contributed by atoms with van der Waals surface area (Å²) in [6, 6.07) is -0.0480. The van der Waals surface area contributed by atoms with Crippen molar-refractivity contribution in [3.63, 3.8) is 0 Å². The third-order valence-electron chi connectivity index (χ3n) is 4.82. The molecule has 3 N–H and O–H groups in total. The molecule has 1 aliphatic carbocycles. The molecule has 1 saturated carbocycles. The van der Waals surface area contributed by atoms with E-state index < -0.39 is 5.23 Å². The Morgan fingerprint density at radius 1 is 1.06 bits per heavy atom. The number of hydrogen-bond donors (Lipinski definition) is 3. The van der Waals surface area contributed by atoms with E-state index in [-0.39, 0.29) is 6.04 Å². The van der Waals surface area contributed by atoms with Gasteiger partial charge in [-0.15, -0.1) is 0 Å². The third-order valence-corrected chi connectivity index (χ3v) is 4.82. The van der Waals surface area contributed by atoms with Gasteiger partial charge >= 0.3 is 0 Å². The number of hydrogen-bond acceptors (Lipinski definition) is 2. The van der Waals surface area contributed by atoms with Gasteiger partial charge in [-0.05, 0) is 43.9 Å². The van der Waals surface area contributed by atoms with Gasteiger partial charge in [0.15, 0.2) is 0 Å². The summed E-state index contributed by atoms with van der Waals surface area (Å²) in [7, 11) is 2.29. The van der Waals surface area contributed by atoms with E-state index >= 15 is 0 Å². The summed E-state index contributed by atoms with van der Waals surface area (Å²) in [6.45, 7) is 2.66. The topological polar surface area (TPSA) is 52.2 Å². The van der Waals surface area contributed by atoms with Crippen LogP contribution >= 0.6 is 0 Å². The second-order valence-electron chi connectivity index (χ2n) is 6.19. The maximum Gasteiger partial charge on any atom is 0.117 e. The fraction of sp³-hybridized carbons (Fsp3) is 1.00. The van der Waals surface area contributed by atoms with Gasteiger partial charge in [0.2, 0.25) is 0 Å². The quantitative estimate of drug-likeness (QED) is 0.593. The summed E-state index contributed by atoms with van der Waals surface area (Å²) in [4.78, 5) is 1.68. The first-order valence-corrected chi connectivity index (χ1v) is 7.19. The molecular formula is C13H27N2O2+. The van der Waals surface area contributed by atoms with Crippen LogP contribution in [0.3, 0.4) is 0 Å². The van der Waals surface area contributed by atoms with Gasteiger partial charge in [0.25, 0.3) is 0 Å². The van der Waals surface area contributed by atoms with Gasteiger partial charge in [-0.1, -0.05) is 0 Å².